The van der Waals surface area contributed by atoms with Gasteiger partial charge in [-0.3, -0.25) is 0 Å². The molecule has 0 saturated heterocycles. The molecule has 0 unspecified atom stereocenters. The molecule has 0 aromatic heterocycles. The molecular formula is C16H22O. The third kappa shape index (κ3) is 2.82. The molecule has 1 heteroatoms. The SMILES string of the molecule is C=C1CC[C@@H](C#CCOC)C[C@H]2C(=C)CC[C@@H]12. The van der Waals surface area contributed by atoms with Crippen molar-refractivity contribution in [2.24, 2.45) is 17.8 Å². The van der Waals surface area contributed by atoms with Crippen LogP contribution in [-0.4, -0.2) is 13.7 Å². The van der Waals surface area contributed by atoms with Crippen LogP contribution in [0.2, 0.25) is 0 Å². The van der Waals surface area contributed by atoms with E-state index in [1.54, 1.807) is 7.11 Å². The Morgan fingerprint density at radius 2 is 1.88 bits per heavy atom. The maximum atomic E-state index is 4.98. The second-order valence-electron chi connectivity index (χ2n) is 5.29. The quantitative estimate of drug-likeness (QED) is 0.494. The van der Waals surface area contributed by atoms with Crippen LogP contribution in [0.25, 0.3) is 0 Å². The molecule has 0 heterocycles. The van der Waals surface area contributed by atoms with E-state index in [9.17, 15) is 0 Å². The molecule has 0 bridgehead atoms. The van der Waals surface area contributed by atoms with E-state index in [0.717, 1.165) is 12.8 Å². The summed E-state index contributed by atoms with van der Waals surface area (Å²) in [5.41, 5.74) is 2.86. The predicted molar refractivity (Wildman–Crippen MR) is 71.5 cm³/mol. The lowest BCUT2D eigenvalue weighted by Crippen LogP contribution is -2.10. The van der Waals surface area contributed by atoms with Crippen molar-refractivity contribution < 1.29 is 4.74 Å². The van der Waals surface area contributed by atoms with Gasteiger partial charge in [0, 0.05) is 13.0 Å². The van der Waals surface area contributed by atoms with E-state index in [2.05, 4.69) is 25.0 Å². The van der Waals surface area contributed by atoms with Crippen molar-refractivity contribution in [2.45, 2.75) is 32.1 Å². The van der Waals surface area contributed by atoms with Gasteiger partial charge in [0.15, 0.2) is 0 Å². The lowest BCUT2D eigenvalue weighted by molar-refractivity contribution is 0.239. The summed E-state index contributed by atoms with van der Waals surface area (Å²) in [6.07, 6.45) is 5.93. The summed E-state index contributed by atoms with van der Waals surface area (Å²) in [6, 6.07) is 0. The minimum atomic E-state index is 0.506. The Labute approximate surface area is 105 Å². The first-order valence-corrected chi connectivity index (χ1v) is 6.55. The molecule has 2 fully saturated rings. The van der Waals surface area contributed by atoms with Crippen LogP contribution in [-0.2, 0) is 4.74 Å². The molecule has 0 spiro atoms. The molecule has 1 nitrogen and oxygen atoms in total. The molecule has 0 aromatic carbocycles. The summed E-state index contributed by atoms with van der Waals surface area (Å²) < 4.78 is 4.98. The van der Waals surface area contributed by atoms with Crippen LogP contribution in [0.4, 0.5) is 0 Å². The van der Waals surface area contributed by atoms with Crippen molar-refractivity contribution in [1.29, 1.82) is 0 Å². The van der Waals surface area contributed by atoms with Crippen LogP contribution >= 0.6 is 0 Å². The maximum Gasteiger partial charge on any atom is 0.107 e. The van der Waals surface area contributed by atoms with Gasteiger partial charge < -0.3 is 4.74 Å². The minimum absolute atomic E-state index is 0.506. The lowest BCUT2D eigenvalue weighted by atomic mass is 9.85. The van der Waals surface area contributed by atoms with Crippen molar-refractivity contribution in [1.82, 2.24) is 0 Å². The fraction of sp³-hybridized carbons (Fsp3) is 0.625. The first-order chi connectivity index (χ1) is 8.22. The molecule has 0 aromatic rings. The van der Waals surface area contributed by atoms with Gasteiger partial charge in [0.25, 0.3) is 0 Å². The number of fused-ring (bicyclic) bond motifs is 1. The Morgan fingerprint density at radius 1 is 1.18 bits per heavy atom. The van der Waals surface area contributed by atoms with Crippen molar-refractivity contribution in [3.63, 3.8) is 0 Å². The van der Waals surface area contributed by atoms with E-state index in [-0.39, 0.29) is 0 Å². The highest BCUT2D eigenvalue weighted by molar-refractivity contribution is 5.22. The van der Waals surface area contributed by atoms with Gasteiger partial charge in [0.05, 0.1) is 0 Å². The molecule has 2 saturated carbocycles. The molecule has 17 heavy (non-hydrogen) atoms. The van der Waals surface area contributed by atoms with Crippen LogP contribution in [0.1, 0.15) is 32.1 Å². The van der Waals surface area contributed by atoms with E-state index in [4.69, 9.17) is 4.74 Å². The van der Waals surface area contributed by atoms with Gasteiger partial charge in [0.1, 0.15) is 6.61 Å². The highest BCUT2D eigenvalue weighted by Gasteiger charge is 2.35. The molecule has 92 valence electrons. The summed E-state index contributed by atoms with van der Waals surface area (Å²) in [6.45, 7) is 9.05. The molecule has 2 aliphatic rings. The van der Waals surface area contributed by atoms with Crippen molar-refractivity contribution >= 4 is 0 Å². The summed E-state index contributed by atoms with van der Waals surface area (Å²) in [5.74, 6) is 8.31. The lowest BCUT2D eigenvalue weighted by Gasteiger charge is -2.19. The summed E-state index contributed by atoms with van der Waals surface area (Å²) in [5, 5.41) is 0. The Hall–Kier alpha value is -1.00. The number of methoxy groups -OCH3 is 1. The molecule has 2 rings (SSSR count). The zero-order valence-corrected chi connectivity index (χ0v) is 10.8. The van der Waals surface area contributed by atoms with Gasteiger partial charge in [-0.1, -0.05) is 36.1 Å². The Kier molecular flexibility index (Phi) is 4.07. The number of hydrogen-bond donors (Lipinski definition) is 0. The van der Waals surface area contributed by atoms with Crippen LogP contribution in [0, 0.1) is 29.6 Å². The summed E-state index contributed by atoms with van der Waals surface area (Å²) in [7, 11) is 1.69. The van der Waals surface area contributed by atoms with E-state index in [0.29, 0.717) is 24.4 Å². The van der Waals surface area contributed by atoms with Gasteiger partial charge in [-0.05, 0) is 43.9 Å². The largest absolute Gasteiger partial charge is 0.372 e. The number of rotatable bonds is 1. The third-order valence-corrected chi connectivity index (χ3v) is 4.19. The Bertz CT molecular complexity index is 369. The van der Waals surface area contributed by atoms with E-state index >= 15 is 0 Å². The molecule has 0 amide bonds. The fourth-order valence-corrected chi connectivity index (χ4v) is 3.19. The number of ether oxygens (including phenoxy) is 1. The third-order valence-electron chi connectivity index (χ3n) is 4.19. The van der Waals surface area contributed by atoms with E-state index < -0.39 is 0 Å². The van der Waals surface area contributed by atoms with Crippen molar-refractivity contribution in [3.05, 3.63) is 24.3 Å². The van der Waals surface area contributed by atoms with Gasteiger partial charge >= 0.3 is 0 Å². The second kappa shape index (κ2) is 5.56. The van der Waals surface area contributed by atoms with Gasteiger partial charge in [-0.25, -0.2) is 0 Å². The minimum Gasteiger partial charge on any atom is -0.372 e. The molecule has 0 radical (unpaired) electrons. The molecule has 0 N–H and O–H groups in total. The van der Waals surface area contributed by atoms with Crippen LogP contribution in [0.15, 0.2) is 24.3 Å². The van der Waals surface area contributed by atoms with Gasteiger partial charge in [0.2, 0.25) is 0 Å². The fourth-order valence-electron chi connectivity index (χ4n) is 3.19. The van der Waals surface area contributed by atoms with Crippen LogP contribution in [0.5, 0.6) is 0 Å². The maximum absolute atomic E-state index is 4.98. The van der Waals surface area contributed by atoms with Crippen molar-refractivity contribution in [3.8, 4) is 11.8 Å². The van der Waals surface area contributed by atoms with Gasteiger partial charge in [-0.15, -0.1) is 0 Å². The summed E-state index contributed by atoms with van der Waals surface area (Å²) >= 11 is 0. The first kappa shape index (κ1) is 12.5. The highest BCUT2D eigenvalue weighted by Crippen LogP contribution is 2.46. The topological polar surface area (TPSA) is 9.23 Å². The standard InChI is InChI=1S/C16H22O/c1-12-6-8-14(5-4-10-17-3)11-16-13(2)7-9-15(12)16/h14-16H,1-2,6-11H2,3H3/t14-,15+,16+/m1/s1. The monoisotopic (exact) mass is 230 g/mol. The Morgan fingerprint density at radius 3 is 2.65 bits per heavy atom. The predicted octanol–water partition coefficient (Wildman–Crippen LogP) is 3.57. The van der Waals surface area contributed by atoms with Crippen molar-refractivity contribution in [2.75, 3.05) is 13.7 Å². The normalized spacial score (nSPS) is 32.6. The number of hydrogen-bond acceptors (Lipinski definition) is 1. The van der Waals surface area contributed by atoms with Crippen LogP contribution < -0.4 is 0 Å². The molecule has 3 atom stereocenters. The highest BCUT2D eigenvalue weighted by atomic mass is 16.5. The number of allylic oxidation sites excluding steroid dienone is 2. The second-order valence-corrected chi connectivity index (χ2v) is 5.29. The average molecular weight is 230 g/mol. The average Bonchev–Trinajstić information content (AvgIpc) is 2.59. The van der Waals surface area contributed by atoms with E-state index in [1.165, 1.54) is 30.4 Å². The van der Waals surface area contributed by atoms with Gasteiger partial charge in [-0.2, -0.15) is 0 Å². The Balaban J connectivity index is 2.06. The summed E-state index contributed by atoms with van der Waals surface area (Å²) in [4.78, 5) is 0. The zero-order valence-electron chi connectivity index (χ0n) is 10.8. The first-order valence-electron chi connectivity index (χ1n) is 6.55. The van der Waals surface area contributed by atoms with E-state index in [1.807, 2.05) is 0 Å². The van der Waals surface area contributed by atoms with Crippen LogP contribution in [0.3, 0.4) is 0 Å². The smallest absolute Gasteiger partial charge is 0.107 e. The molecular weight excluding hydrogens is 208 g/mol. The molecule has 2 aliphatic carbocycles. The zero-order chi connectivity index (χ0) is 12.3. The molecule has 0 aliphatic heterocycles.